The summed E-state index contributed by atoms with van der Waals surface area (Å²) >= 11 is 3.42. The van der Waals surface area contributed by atoms with Gasteiger partial charge in [0.15, 0.2) is 23.6 Å². The van der Waals surface area contributed by atoms with Crippen LogP contribution >= 0.6 is 15.9 Å². The molecule has 0 spiro atoms. The van der Waals surface area contributed by atoms with Crippen LogP contribution in [0.25, 0.3) is 10.9 Å². The van der Waals surface area contributed by atoms with Crippen LogP contribution in [0.1, 0.15) is 33.4 Å². The van der Waals surface area contributed by atoms with E-state index in [0.29, 0.717) is 23.6 Å². The highest BCUT2D eigenvalue weighted by Gasteiger charge is 2.60. The van der Waals surface area contributed by atoms with Gasteiger partial charge in [-0.1, -0.05) is 39.3 Å². The minimum absolute atomic E-state index is 0.00385. The Kier molecular flexibility index (Phi) is 6.72. The first-order valence-corrected chi connectivity index (χ1v) is 14.6. The van der Waals surface area contributed by atoms with Crippen molar-refractivity contribution in [3.05, 3.63) is 64.9 Å². The molecule has 3 saturated heterocycles. The minimum atomic E-state index is -0.788. The van der Waals surface area contributed by atoms with Crippen LogP contribution in [0.3, 0.4) is 0 Å². The maximum absolute atomic E-state index is 11.2. The number of halogens is 1. The topological polar surface area (TPSA) is 127 Å². The maximum Gasteiger partial charge on any atom is 0.221 e. The molecule has 3 fully saturated rings. The van der Waals surface area contributed by atoms with E-state index in [9.17, 15) is 5.11 Å². The molecule has 0 saturated carbocycles. The predicted molar refractivity (Wildman–Crippen MR) is 154 cm³/mol. The van der Waals surface area contributed by atoms with Crippen LogP contribution in [-0.4, -0.2) is 66.9 Å². The molecule has 220 valence electrons. The van der Waals surface area contributed by atoms with Crippen LogP contribution in [-0.2, 0) is 36.8 Å². The second-order valence-electron chi connectivity index (χ2n) is 11.6. The number of rotatable bonds is 6. The van der Waals surface area contributed by atoms with Gasteiger partial charge in [0.2, 0.25) is 5.88 Å². The van der Waals surface area contributed by atoms with E-state index in [1.54, 1.807) is 9.25 Å². The summed E-state index contributed by atoms with van der Waals surface area (Å²) in [5, 5.41) is 29.4. The highest BCUT2D eigenvalue weighted by Crippen LogP contribution is 2.44. The third-order valence-corrected chi connectivity index (χ3v) is 8.06. The van der Waals surface area contributed by atoms with E-state index in [2.05, 4.69) is 36.5 Å². The molecule has 2 aromatic carbocycles. The fourth-order valence-electron chi connectivity index (χ4n) is 5.83. The van der Waals surface area contributed by atoms with Crippen LogP contribution in [0.4, 0.5) is 11.4 Å². The molecule has 42 heavy (non-hydrogen) atoms. The Labute approximate surface area is 250 Å². The van der Waals surface area contributed by atoms with Crippen molar-refractivity contribution in [3.63, 3.8) is 0 Å². The Morgan fingerprint density at radius 1 is 0.905 bits per heavy atom. The number of fused-ring (bicyclic) bond motifs is 4. The molecule has 7 rings (SSSR count). The molecular formula is C29H31BrN6O6. The van der Waals surface area contributed by atoms with Gasteiger partial charge in [0.05, 0.1) is 30.5 Å². The molecule has 12 nitrogen and oxygen atoms in total. The summed E-state index contributed by atoms with van der Waals surface area (Å²) < 4.78 is 35.3. The van der Waals surface area contributed by atoms with Crippen LogP contribution < -0.4 is 0 Å². The fourth-order valence-corrected chi connectivity index (χ4v) is 6.10. The number of azo groups is 1. The number of hydrogen-bond acceptors (Lipinski definition) is 10. The lowest BCUT2D eigenvalue weighted by atomic mass is 9.99. The fraction of sp³-hybridized carbons (Fsp3) is 0.448. The highest BCUT2D eigenvalue weighted by atomic mass is 79.9. The largest absolute Gasteiger partial charge is 0.493 e. The van der Waals surface area contributed by atoms with Crippen LogP contribution in [0.2, 0.25) is 0 Å². The van der Waals surface area contributed by atoms with Gasteiger partial charge >= 0.3 is 0 Å². The monoisotopic (exact) mass is 638 g/mol. The van der Waals surface area contributed by atoms with E-state index in [0.717, 1.165) is 15.4 Å². The highest BCUT2D eigenvalue weighted by molar-refractivity contribution is 9.10. The molecule has 4 aromatic rings. The van der Waals surface area contributed by atoms with Gasteiger partial charge < -0.3 is 33.4 Å². The second-order valence-corrected chi connectivity index (χ2v) is 12.5. The minimum Gasteiger partial charge on any atom is -0.493 e. The van der Waals surface area contributed by atoms with E-state index in [1.807, 2.05) is 82.4 Å². The van der Waals surface area contributed by atoms with E-state index in [-0.39, 0.29) is 24.6 Å². The van der Waals surface area contributed by atoms with Crippen molar-refractivity contribution in [3.8, 4) is 5.88 Å². The van der Waals surface area contributed by atoms with Gasteiger partial charge in [-0.2, -0.15) is 5.11 Å². The normalized spacial score (nSPS) is 28.0. The van der Waals surface area contributed by atoms with Crippen molar-refractivity contribution in [1.29, 1.82) is 0 Å². The van der Waals surface area contributed by atoms with Crippen molar-refractivity contribution in [2.75, 3.05) is 0 Å². The molecule has 0 radical (unpaired) electrons. The zero-order valence-corrected chi connectivity index (χ0v) is 25.1. The van der Waals surface area contributed by atoms with E-state index < -0.39 is 30.1 Å². The van der Waals surface area contributed by atoms with Gasteiger partial charge in [-0.05, 0) is 58.0 Å². The molecule has 5 atom stereocenters. The van der Waals surface area contributed by atoms with Gasteiger partial charge in [0.1, 0.15) is 30.1 Å². The summed E-state index contributed by atoms with van der Waals surface area (Å²) in [6, 6.07) is 15.1. The van der Waals surface area contributed by atoms with Crippen LogP contribution in [0, 0.1) is 0 Å². The number of ether oxygens (including phenoxy) is 5. The average molecular weight is 640 g/mol. The van der Waals surface area contributed by atoms with Gasteiger partial charge in [-0.15, -0.1) is 10.2 Å². The SMILES string of the molecule is CC1(C)O[C@H]2[C@@H](O1)[C@@H](Cn1cc(Cn3c(O)c(N=Nc4ccc(Br)cc4)c4ccccc43)nn1)O[C@@H]1OC(C)(C)O[C@@H]12. The summed E-state index contributed by atoms with van der Waals surface area (Å²) in [5.74, 6) is -1.57. The Hall–Kier alpha value is -3.20. The zero-order valence-electron chi connectivity index (χ0n) is 23.5. The molecule has 3 aliphatic heterocycles. The Bertz CT molecular complexity index is 1650. The lowest BCUT2D eigenvalue weighted by Crippen LogP contribution is -2.56. The third kappa shape index (κ3) is 5.14. The van der Waals surface area contributed by atoms with E-state index in [1.165, 1.54) is 0 Å². The standard InChI is InChI=1S/C29H31BrN6O6/c1-28(2)39-23-21(38-27-25(24(23)40-28)41-29(3,4)42-27)15-35-13-18(32-34-35)14-36-20-8-6-5-7-19(20)22(26(36)37)33-31-17-11-9-16(30)10-12-17/h5-13,21,23-25,27,37H,14-15H2,1-4H3/t21-,23+,24+,25-,27-/m1/s1. The molecule has 0 unspecified atom stereocenters. The number of para-hydroxylation sites is 1. The molecule has 0 amide bonds. The first kappa shape index (κ1) is 27.6. The Morgan fingerprint density at radius 2 is 1.62 bits per heavy atom. The Morgan fingerprint density at radius 3 is 2.43 bits per heavy atom. The zero-order chi connectivity index (χ0) is 29.2. The summed E-state index contributed by atoms with van der Waals surface area (Å²) in [5.41, 5.74) is 2.52. The van der Waals surface area contributed by atoms with Gasteiger partial charge in [-0.25, -0.2) is 4.68 Å². The van der Waals surface area contributed by atoms with E-state index in [4.69, 9.17) is 23.7 Å². The lowest BCUT2D eigenvalue weighted by molar-refractivity contribution is -0.236. The first-order chi connectivity index (χ1) is 20.1. The molecule has 2 aromatic heterocycles. The Balaban J connectivity index is 1.12. The second kappa shape index (κ2) is 10.2. The summed E-state index contributed by atoms with van der Waals surface area (Å²) in [6.07, 6.45) is -0.270. The van der Waals surface area contributed by atoms with Gasteiger partial charge in [0, 0.05) is 9.86 Å². The molecule has 1 N–H and O–H groups in total. The number of aromatic nitrogens is 4. The maximum atomic E-state index is 11.2. The molecule has 13 heteroatoms. The smallest absolute Gasteiger partial charge is 0.221 e. The third-order valence-electron chi connectivity index (χ3n) is 7.53. The summed E-state index contributed by atoms with van der Waals surface area (Å²) in [4.78, 5) is 0. The molecule has 0 bridgehead atoms. The molecule has 5 heterocycles. The average Bonchev–Trinajstić information content (AvgIpc) is 3.67. The number of benzene rings is 2. The quantitative estimate of drug-likeness (QED) is 0.272. The molecule has 3 aliphatic rings. The van der Waals surface area contributed by atoms with Crippen LogP contribution in [0.5, 0.6) is 5.88 Å². The lowest BCUT2D eigenvalue weighted by Gasteiger charge is -2.37. The number of hydrogen-bond donors (Lipinski definition) is 1. The first-order valence-electron chi connectivity index (χ1n) is 13.8. The van der Waals surface area contributed by atoms with Crippen LogP contribution in [0.15, 0.2) is 69.4 Å². The van der Waals surface area contributed by atoms with E-state index >= 15 is 0 Å². The molecular weight excluding hydrogens is 608 g/mol. The van der Waals surface area contributed by atoms with Crippen molar-refractivity contribution in [2.24, 2.45) is 10.2 Å². The summed E-state index contributed by atoms with van der Waals surface area (Å²) in [7, 11) is 0. The number of aromatic hydroxyl groups is 1. The predicted octanol–water partition coefficient (Wildman–Crippen LogP) is 5.56. The van der Waals surface area contributed by atoms with Crippen molar-refractivity contribution in [1.82, 2.24) is 19.6 Å². The number of nitrogens with zero attached hydrogens (tertiary/aromatic N) is 6. The van der Waals surface area contributed by atoms with Crippen molar-refractivity contribution in [2.45, 2.75) is 83.1 Å². The van der Waals surface area contributed by atoms with Crippen molar-refractivity contribution >= 4 is 38.2 Å². The van der Waals surface area contributed by atoms with Crippen molar-refractivity contribution < 1.29 is 28.8 Å². The summed E-state index contributed by atoms with van der Waals surface area (Å²) in [6.45, 7) is 8.12. The molecule has 0 aliphatic carbocycles. The van der Waals surface area contributed by atoms with Gasteiger partial charge in [-0.3, -0.25) is 0 Å². The van der Waals surface area contributed by atoms with Gasteiger partial charge in [0.25, 0.3) is 0 Å².